The van der Waals surface area contributed by atoms with Gasteiger partial charge in [0.25, 0.3) is 0 Å². The number of aliphatic imine (C=N–C) groups is 3. The van der Waals surface area contributed by atoms with Crippen LogP contribution in [0.15, 0.2) is 185 Å². The molecule has 0 amide bonds. The maximum atomic E-state index is 4.67. The Morgan fingerprint density at radius 2 is 1.25 bits per heavy atom. The summed E-state index contributed by atoms with van der Waals surface area (Å²) in [6.07, 6.45) is 1.85. The lowest BCUT2D eigenvalue weighted by molar-refractivity contribution is 0.799. The molecule has 0 aliphatic heterocycles. The molecule has 3 aromatic heterocycles. The number of hydrogen-bond acceptors (Lipinski definition) is 3. The Morgan fingerprint density at radius 1 is 0.577 bits per heavy atom. The minimum absolute atomic E-state index is 0.538. The number of benzene rings is 6. The highest BCUT2D eigenvalue weighted by atomic mass is 15.1. The first-order valence-electron chi connectivity index (χ1n) is 17.2. The van der Waals surface area contributed by atoms with E-state index in [0.717, 1.165) is 22.4 Å². The van der Waals surface area contributed by atoms with Crippen LogP contribution in [0.1, 0.15) is 11.1 Å². The van der Waals surface area contributed by atoms with Crippen LogP contribution in [-0.4, -0.2) is 33.4 Å². The molecule has 9 rings (SSSR count). The second kappa shape index (κ2) is 14.5. The number of rotatable bonds is 7. The zero-order valence-electron chi connectivity index (χ0n) is 28.7. The summed E-state index contributed by atoms with van der Waals surface area (Å²) in [6, 6.07) is 56.5. The van der Waals surface area contributed by atoms with Crippen molar-refractivity contribution in [2.45, 2.75) is 13.2 Å². The molecule has 3 heterocycles. The van der Waals surface area contributed by atoms with Crippen LogP contribution in [0.3, 0.4) is 0 Å². The minimum atomic E-state index is 0.538. The van der Waals surface area contributed by atoms with Gasteiger partial charge < -0.3 is 4.57 Å². The summed E-state index contributed by atoms with van der Waals surface area (Å²) in [6.45, 7) is 8.46. The van der Waals surface area contributed by atoms with Crippen molar-refractivity contribution >= 4 is 62.9 Å². The lowest BCUT2D eigenvalue weighted by Gasteiger charge is -2.08. The highest BCUT2D eigenvalue weighted by molar-refractivity contribution is 6.17. The van der Waals surface area contributed by atoms with Gasteiger partial charge in [-0.2, -0.15) is 0 Å². The quantitative estimate of drug-likeness (QED) is 0.123. The average Bonchev–Trinajstić information content (AvgIpc) is 3.72. The molecule has 0 N–H and O–H groups in total. The molecular weight excluding hydrogens is 637 g/mol. The van der Waals surface area contributed by atoms with E-state index in [1.165, 1.54) is 49.3 Å². The minimum Gasteiger partial charge on any atom is -0.320 e. The van der Waals surface area contributed by atoms with E-state index < -0.39 is 0 Å². The number of para-hydroxylation sites is 2. The maximum Gasteiger partial charge on any atom is 0.154 e. The summed E-state index contributed by atoms with van der Waals surface area (Å²) in [7, 11) is 0. The van der Waals surface area contributed by atoms with Crippen molar-refractivity contribution in [3.05, 3.63) is 181 Å². The van der Waals surface area contributed by atoms with Gasteiger partial charge in [0.1, 0.15) is 12.5 Å². The van der Waals surface area contributed by atoms with Crippen molar-refractivity contribution in [1.82, 2.24) is 14.1 Å². The first kappa shape index (κ1) is 32.3. The fourth-order valence-electron chi connectivity index (χ4n) is 7.04. The molecule has 0 unspecified atom stereocenters. The molecule has 0 atom stereocenters. The third kappa shape index (κ3) is 6.07. The van der Waals surface area contributed by atoms with Crippen molar-refractivity contribution < 1.29 is 0 Å². The van der Waals surface area contributed by atoms with E-state index in [1.54, 1.807) is 0 Å². The van der Waals surface area contributed by atoms with Gasteiger partial charge in [-0.25, -0.2) is 9.98 Å². The van der Waals surface area contributed by atoms with E-state index in [0.29, 0.717) is 19.0 Å². The second-order valence-corrected chi connectivity index (χ2v) is 12.4. The van der Waals surface area contributed by atoms with Gasteiger partial charge in [-0.05, 0) is 72.6 Å². The van der Waals surface area contributed by atoms with Crippen molar-refractivity contribution in [2.24, 2.45) is 15.0 Å². The Morgan fingerprint density at radius 3 is 2.00 bits per heavy atom. The molecule has 6 aromatic carbocycles. The van der Waals surface area contributed by atoms with Gasteiger partial charge in [0.2, 0.25) is 0 Å². The highest BCUT2D eigenvalue weighted by Gasteiger charge is 2.17. The van der Waals surface area contributed by atoms with E-state index in [4.69, 9.17) is 0 Å². The predicted molar refractivity (Wildman–Crippen MR) is 219 cm³/mol. The van der Waals surface area contributed by atoms with Gasteiger partial charge in [-0.1, -0.05) is 121 Å². The number of aromatic nitrogens is 3. The van der Waals surface area contributed by atoms with Gasteiger partial charge in [0.15, 0.2) is 5.84 Å². The van der Waals surface area contributed by atoms with E-state index >= 15 is 0 Å². The molecule has 0 saturated carbocycles. The summed E-state index contributed by atoms with van der Waals surface area (Å²) in [5, 5.41) is 4.93. The van der Waals surface area contributed by atoms with Crippen LogP contribution in [-0.2, 0) is 13.2 Å². The summed E-state index contributed by atoms with van der Waals surface area (Å²) < 4.78 is 4.49. The van der Waals surface area contributed by atoms with Crippen molar-refractivity contribution in [3.8, 4) is 16.9 Å². The second-order valence-electron chi connectivity index (χ2n) is 12.4. The topological polar surface area (TPSA) is 59.8 Å². The number of fused-ring (bicyclic) bond motifs is 6. The van der Waals surface area contributed by atoms with Gasteiger partial charge >= 0.3 is 0 Å². The van der Waals surface area contributed by atoms with Crippen molar-refractivity contribution in [2.75, 3.05) is 0 Å². The molecule has 0 aliphatic carbocycles. The van der Waals surface area contributed by atoms with Gasteiger partial charge in [0, 0.05) is 33.3 Å². The monoisotopic (exact) mass is 672 g/mol. The first-order valence-corrected chi connectivity index (χ1v) is 17.2. The smallest absolute Gasteiger partial charge is 0.154 e. The largest absolute Gasteiger partial charge is 0.320 e. The van der Waals surface area contributed by atoms with Crippen LogP contribution in [0.4, 0.5) is 0 Å². The van der Waals surface area contributed by atoms with E-state index in [2.05, 4.69) is 146 Å². The zero-order chi connectivity index (χ0) is 35.3. The summed E-state index contributed by atoms with van der Waals surface area (Å²) in [5.74, 6) is 1.61. The molecule has 6 heteroatoms. The summed E-state index contributed by atoms with van der Waals surface area (Å²) in [5.41, 5.74) is 9.24. The first-order chi connectivity index (χ1) is 25.7. The third-order valence-corrected chi connectivity index (χ3v) is 9.34. The Hall–Kier alpha value is -6.92. The molecule has 9 aromatic rings. The Labute approximate surface area is 302 Å². The Balaban J connectivity index is 0.000000192. The van der Waals surface area contributed by atoms with Gasteiger partial charge in [0.05, 0.1) is 28.6 Å². The van der Waals surface area contributed by atoms with Crippen LogP contribution in [0, 0.1) is 0 Å². The fraction of sp³-hybridized carbons (Fsp3) is 0.0435. The molecule has 0 fully saturated rings. The van der Waals surface area contributed by atoms with Crippen LogP contribution >= 0.6 is 0 Å². The third-order valence-electron chi connectivity index (χ3n) is 9.34. The van der Waals surface area contributed by atoms with Crippen LogP contribution in [0.2, 0.25) is 0 Å². The molecule has 0 saturated heterocycles. The zero-order valence-corrected chi connectivity index (χ0v) is 28.7. The number of amidine groups is 1. The molecule has 52 heavy (non-hydrogen) atoms. The lowest BCUT2D eigenvalue weighted by Crippen LogP contribution is -1.97. The predicted octanol–water partition coefficient (Wildman–Crippen LogP) is 10.9. The van der Waals surface area contributed by atoms with Crippen molar-refractivity contribution in [3.63, 3.8) is 0 Å². The summed E-state index contributed by atoms with van der Waals surface area (Å²) in [4.78, 5) is 17.3. The van der Waals surface area contributed by atoms with Crippen LogP contribution in [0.25, 0.3) is 60.6 Å². The summed E-state index contributed by atoms with van der Waals surface area (Å²) >= 11 is 0. The molecule has 6 nitrogen and oxygen atoms in total. The van der Waals surface area contributed by atoms with E-state index in [9.17, 15) is 0 Å². The molecule has 0 radical (unpaired) electrons. The number of pyridine rings is 1. The molecule has 250 valence electrons. The highest BCUT2D eigenvalue weighted by Crippen LogP contribution is 2.40. The Kier molecular flexibility index (Phi) is 9.01. The number of nitrogens with zero attached hydrogens (tertiary/aromatic N) is 6. The standard InChI is InChI=1S/C31H22N4.C15H14N2/c1-32-20-34-26-12-4-2-9-23(26)25-19-21(16-17-27(25)34)22-11-8-14-29-31(22)24-10-3-5-13-28(24)35(29)30-15-6-7-18-33-30;1-16-15(14-10-6-3-7-11-14)17-12-13-8-4-2-5-9-13/h2-19H,1,20H2;2-11H,1,12H2. The molecule has 0 spiro atoms. The average molecular weight is 673 g/mol. The fourth-order valence-corrected chi connectivity index (χ4v) is 7.04. The van der Waals surface area contributed by atoms with Crippen LogP contribution in [0.5, 0.6) is 0 Å². The number of hydrogen-bond donors (Lipinski definition) is 0. The molecule has 0 bridgehead atoms. The van der Waals surface area contributed by atoms with E-state index in [-0.39, 0.29) is 0 Å². The van der Waals surface area contributed by atoms with Gasteiger partial charge in [-0.3, -0.25) is 14.6 Å². The van der Waals surface area contributed by atoms with Gasteiger partial charge in [-0.15, -0.1) is 0 Å². The maximum absolute atomic E-state index is 4.67. The van der Waals surface area contributed by atoms with Crippen LogP contribution < -0.4 is 0 Å². The normalized spacial score (nSPS) is 11.5. The lowest BCUT2D eigenvalue weighted by atomic mass is 9.98. The molecule has 0 aliphatic rings. The molecular formula is C46H36N6. The SMILES string of the molecule is C=NC(=NCc1ccccc1)c1ccccc1.C=NCn1c2ccccc2c2cc(-c3cccc4c3c3ccccc3n4-c3ccccn3)ccc21. The Bertz CT molecular complexity index is 2710. The van der Waals surface area contributed by atoms with Crippen molar-refractivity contribution in [1.29, 1.82) is 0 Å². The van der Waals surface area contributed by atoms with E-state index in [1.807, 2.05) is 66.9 Å².